The molecular weight excluding hydrogens is 164 g/mol. The van der Waals surface area contributed by atoms with Gasteiger partial charge in [-0.1, -0.05) is 0 Å². The van der Waals surface area contributed by atoms with Gasteiger partial charge in [0.05, 0.1) is 11.5 Å². The van der Waals surface area contributed by atoms with Crippen molar-refractivity contribution in [3.63, 3.8) is 0 Å². The first kappa shape index (κ1) is 8.96. The van der Waals surface area contributed by atoms with Gasteiger partial charge < -0.3 is 10.6 Å². The second-order valence-electron chi connectivity index (χ2n) is 2.87. The van der Waals surface area contributed by atoms with Crippen molar-refractivity contribution < 1.29 is 8.42 Å². The highest BCUT2D eigenvalue weighted by atomic mass is 32.2. The lowest BCUT2D eigenvalue weighted by Gasteiger charge is -2.15. The van der Waals surface area contributed by atoms with E-state index in [-0.39, 0.29) is 23.6 Å². The summed E-state index contributed by atoms with van der Waals surface area (Å²) in [5.74, 6) is 0.518. The molecule has 0 aromatic carbocycles. The van der Waals surface area contributed by atoms with Crippen molar-refractivity contribution in [2.24, 2.45) is 0 Å². The van der Waals surface area contributed by atoms with Gasteiger partial charge in [-0.25, -0.2) is 8.42 Å². The smallest absolute Gasteiger partial charge is 0.153 e. The first-order chi connectivity index (χ1) is 5.09. The van der Waals surface area contributed by atoms with Crippen molar-refractivity contribution in [1.82, 2.24) is 10.6 Å². The molecule has 0 aromatic heterocycles. The van der Waals surface area contributed by atoms with E-state index < -0.39 is 9.84 Å². The van der Waals surface area contributed by atoms with Crippen molar-refractivity contribution in [3.05, 3.63) is 0 Å². The lowest BCUT2D eigenvalue weighted by Crippen LogP contribution is -2.43. The fourth-order valence-corrected chi connectivity index (χ4v) is 3.44. The zero-order chi connectivity index (χ0) is 8.48. The average Bonchev–Trinajstić information content (AvgIpc) is 2.25. The predicted octanol–water partition coefficient (Wildman–Crippen LogP) is -1.41. The summed E-state index contributed by atoms with van der Waals surface area (Å²) in [5.41, 5.74) is 0. The Morgan fingerprint density at radius 1 is 1.09 bits per heavy atom. The van der Waals surface area contributed by atoms with Crippen LogP contribution < -0.4 is 10.6 Å². The van der Waals surface area contributed by atoms with Crippen LogP contribution in [-0.2, 0) is 9.84 Å². The van der Waals surface area contributed by atoms with Gasteiger partial charge in [-0.15, -0.1) is 0 Å². The molecule has 2 unspecified atom stereocenters. The van der Waals surface area contributed by atoms with Crippen LogP contribution >= 0.6 is 0 Å². The van der Waals surface area contributed by atoms with Crippen LogP contribution in [0.2, 0.25) is 0 Å². The van der Waals surface area contributed by atoms with Gasteiger partial charge in [-0.05, 0) is 14.1 Å². The minimum absolute atomic E-state index is 0.0741. The maximum Gasteiger partial charge on any atom is 0.153 e. The zero-order valence-electron chi connectivity index (χ0n) is 6.79. The topological polar surface area (TPSA) is 58.2 Å². The summed E-state index contributed by atoms with van der Waals surface area (Å²) in [6, 6.07) is 0.148. The Balaban J connectivity index is 2.70. The van der Waals surface area contributed by atoms with Crippen LogP contribution in [0.5, 0.6) is 0 Å². The standard InChI is InChI=1S/C6H14N2O2S/c1-7-5-3-11(9,10)4-6(5)8-2/h5-8H,3-4H2,1-2H3. The largest absolute Gasteiger partial charge is 0.314 e. The van der Waals surface area contributed by atoms with Gasteiger partial charge in [0.2, 0.25) is 0 Å². The van der Waals surface area contributed by atoms with E-state index in [0.717, 1.165) is 0 Å². The Labute approximate surface area is 67.3 Å². The van der Waals surface area contributed by atoms with E-state index in [1.54, 1.807) is 14.1 Å². The molecule has 1 aliphatic rings. The summed E-state index contributed by atoms with van der Waals surface area (Å²) in [5, 5.41) is 5.96. The van der Waals surface area contributed by atoms with Crippen molar-refractivity contribution in [2.75, 3.05) is 25.6 Å². The Morgan fingerprint density at radius 2 is 1.45 bits per heavy atom. The summed E-state index contributed by atoms with van der Waals surface area (Å²) < 4.78 is 22.2. The first-order valence-corrected chi connectivity index (χ1v) is 5.46. The van der Waals surface area contributed by atoms with Crippen LogP contribution in [0.3, 0.4) is 0 Å². The van der Waals surface area contributed by atoms with Crippen molar-refractivity contribution >= 4 is 9.84 Å². The van der Waals surface area contributed by atoms with Gasteiger partial charge in [-0.2, -0.15) is 0 Å². The fraction of sp³-hybridized carbons (Fsp3) is 1.00. The van der Waals surface area contributed by atoms with E-state index in [0.29, 0.717) is 0 Å². The third-order valence-corrected chi connectivity index (χ3v) is 3.83. The number of likely N-dealkylation sites (N-methyl/N-ethyl adjacent to an activating group) is 2. The van der Waals surface area contributed by atoms with Crippen LogP contribution in [0.25, 0.3) is 0 Å². The van der Waals surface area contributed by atoms with Crippen LogP contribution in [0.1, 0.15) is 0 Å². The van der Waals surface area contributed by atoms with Gasteiger partial charge in [0.25, 0.3) is 0 Å². The molecule has 1 heterocycles. The van der Waals surface area contributed by atoms with E-state index in [9.17, 15) is 8.42 Å². The van der Waals surface area contributed by atoms with Crippen molar-refractivity contribution in [2.45, 2.75) is 12.1 Å². The lowest BCUT2D eigenvalue weighted by molar-refractivity contribution is 0.488. The van der Waals surface area contributed by atoms with Crippen molar-refractivity contribution in [3.8, 4) is 0 Å². The third kappa shape index (κ3) is 1.91. The Hall–Kier alpha value is -0.130. The van der Waals surface area contributed by atoms with Gasteiger partial charge in [0, 0.05) is 12.1 Å². The quantitative estimate of drug-likeness (QED) is 0.545. The maximum atomic E-state index is 11.1. The van der Waals surface area contributed by atoms with E-state index >= 15 is 0 Å². The highest BCUT2D eigenvalue weighted by molar-refractivity contribution is 7.91. The van der Waals surface area contributed by atoms with Gasteiger partial charge in [-0.3, -0.25) is 0 Å². The van der Waals surface area contributed by atoms with E-state index in [1.807, 2.05) is 0 Å². The van der Waals surface area contributed by atoms with Crippen molar-refractivity contribution in [1.29, 1.82) is 0 Å². The van der Waals surface area contributed by atoms with E-state index in [2.05, 4.69) is 10.6 Å². The molecule has 0 aliphatic carbocycles. The Bertz CT molecular complexity index is 207. The van der Waals surface area contributed by atoms with Gasteiger partial charge in [0.1, 0.15) is 0 Å². The normalized spacial score (nSPS) is 35.8. The van der Waals surface area contributed by atoms with Gasteiger partial charge >= 0.3 is 0 Å². The van der Waals surface area contributed by atoms with Crippen LogP contribution in [-0.4, -0.2) is 46.1 Å². The molecule has 1 fully saturated rings. The molecule has 4 nitrogen and oxygen atoms in total. The molecule has 0 spiro atoms. The second kappa shape index (κ2) is 3.08. The SMILES string of the molecule is CNC1CS(=O)(=O)CC1NC. The molecule has 0 bridgehead atoms. The highest BCUT2D eigenvalue weighted by Crippen LogP contribution is 2.11. The van der Waals surface area contributed by atoms with Crippen LogP contribution in [0.15, 0.2) is 0 Å². The average molecular weight is 178 g/mol. The van der Waals surface area contributed by atoms with E-state index in [4.69, 9.17) is 0 Å². The molecule has 66 valence electrons. The lowest BCUT2D eigenvalue weighted by atomic mass is 10.2. The molecule has 0 amide bonds. The molecular formula is C6H14N2O2S. The molecule has 0 radical (unpaired) electrons. The molecule has 1 rings (SSSR count). The van der Waals surface area contributed by atoms with Gasteiger partial charge in [0.15, 0.2) is 9.84 Å². The molecule has 1 saturated heterocycles. The minimum Gasteiger partial charge on any atom is -0.314 e. The van der Waals surface area contributed by atoms with Crippen LogP contribution in [0, 0.1) is 0 Å². The van der Waals surface area contributed by atoms with Crippen LogP contribution in [0.4, 0.5) is 0 Å². The molecule has 2 N–H and O–H groups in total. The summed E-state index contributed by atoms with van der Waals surface area (Å²) >= 11 is 0. The number of sulfone groups is 1. The molecule has 0 aromatic rings. The summed E-state index contributed by atoms with van der Waals surface area (Å²) in [7, 11) is 0.781. The number of nitrogens with one attached hydrogen (secondary N) is 2. The predicted molar refractivity (Wildman–Crippen MR) is 44.3 cm³/mol. The Kier molecular flexibility index (Phi) is 2.51. The monoisotopic (exact) mass is 178 g/mol. The first-order valence-electron chi connectivity index (χ1n) is 3.64. The summed E-state index contributed by atoms with van der Waals surface area (Å²) in [6.45, 7) is 0. The highest BCUT2D eigenvalue weighted by Gasteiger charge is 2.35. The second-order valence-corrected chi connectivity index (χ2v) is 5.02. The summed E-state index contributed by atoms with van der Waals surface area (Å²) in [6.07, 6.45) is 0. The molecule has 1 aliphatic heterocycles. The molecule has 0 saturated carbocycles. The molecule has 5 heteroatoms. The molecule has 11 heavy (non-hydrogen) atoms. The summed E-state index contributed by atoms with van der Waals surface area (Å²) in [4.78, 5) is 0. The minimum atomic E-state index is -2.79. The number of hydrogen-bond donors (Lipinski definition) is 2. The number of rotatable bonds is 2. The molecule has 2 atom stereocenters. The zero-order valence-corrected chi connectivity index (χ0v) is 7.61. The fourth-order valence-electron chi connectivity index (χ4n) is 1.42. The third-order valence-electron chi connectivity index (χ3n) is 2.09. The number of hydrogen-bond acceptors (Lipinski definition) is 4. The van der Waals surface area contributed by atoms with E-state index in [1.165, 1.54) is 0 Å². The maximum absolute atomic E-state index is 11.1. The Morgan fingerprint density at radius 3 is 1.73 bits per heavy atom.